The van der Waals surface area contributed by atoms with E-state index in [1.165, 1.54) is 55.7 Å². The maximum absolute atomic E-state index is 12.0. The average Bonchev–Trinajstić information content (AvgIpc) is 3.08. The highest BCUT2D eigenvalue weighted by atomic mass is 35.5. The number of allylic oxidation sites excluding steroid dienone is 2. The molecule has 4 aliphatic rings. The molecule has 0 aromatic heterocycles. The number of thiol groups is 1. The summed E-state index contributed by atoms with van der Waals surface area (Å²) in [5.41, 5.74) is 7.37. The van der Waals surface area contributed by atoms with Crippen LogP contribution in [-0.4, -0.2) is 10.7 Å². The van der Waals surface area contributed by atoms with E-state index in [-0.39, 0.29) is 43.1 Å². The number of rotatable bonds is 3. The van der Waals surface area contributed by atoms with Gasteiger partial charge in [0.25, 0.3) is 0 Å². The molecule has 2 N–H and O–H groups in total. The minimum Gasteiger partial charge on any atom is -0.368 e. The summed E-state index contributed by atoms with van der Waals surface area (Å²) >= 11 is 4.38. The van der Waals surface area contributed by atoms with E-state index in [9.17, 15) is 4.79 Å². The summed E-state index contributed by atoms with van der Waals surface area (Å²) in [6.45, 7) is 1.99. The largest absolute Gasteiger partial charge is 0.368 e. The Hall–Kier alpha value is 0.780. The zero-order chi connectivity index (χ0) is 16.9. The summed E-state index contributed by atoms with van der Waals surface area (Å²) < 4.78 is -0.533. The van der Waals surface area contributed by atoms with Gasteiger partial charge < -0.3 is 5.73 Å². The Balaban J connectivity index is 0.00000121. The van der Waals surface area contributed by atoms with E-state index < -0.39 is 4.75 Å². The average molecular weight is 475 g/mol. The summed E-state index contributed by atoms with van der Waals surface area (Å²) in [7, 11) is 1.35. The van der Waals surface area contributed by atoms with Crippen LogP contribution in [0, 0.1) is 35.5 Å². The lowest BCUT2D eigenvalue weighted by Gasteiger charge is -2.50. The molecule has 7 unspecified atom stereocenters. The topological polar surface area (TPSA) is 43.1 Å². The fraction of sp³-hybridized carbons (Fsp3) is 0.850. The van der Waals surface area contributed by atoms with Gasteiger partial charge in [0, 0.05) is 0 Å². The van der Waals surface area contributed by atoms with Crippen LogP contribution in [0.5, 0.6) is 0 Å². The van der Waals surface area contributed by atoms with E-state index in [1.54, 1.807) is 5.57 Å². The SMILES string of the molecule is CC(SS)(C(N)=O)C1CCC2C(=CCC3C4CCCC4CCC23)C1.Cl.Cl.Cl. The number of hydrogen-bond acceptors (Lipinski definition) is 3. The molecule has 0 aromatic rings. The van der Waals surface area contributed by atoms with Crippen molar-refractivity contribution < 1.29 is 4.79 Å². The summed E-state index contributed by atoms with van der Waals surface area (Å²) in [6.07, 6.45) is 14.7. The highest BCUT2D eigenvalue weighted by molar-refractivity contribution is 8.69. The first-order valence-electron chi connectivity index (χ1n) is 9.86. The molecule has 0 radical (unpaired) electrons. The Morgan fingerprint density at radius 1 is 1.07 bits per heavy atom. The number of halogens is 3. The van der Waals surface area contributed by atoms with Gasteiger partial charge in [-0.1, -0.05) is 35.3 Å². The number of primary amides is 1. The molecule has 7 heteroatoms. The van der Waals surface area contributed by atoms with Gasteiger partial charge in [-0.25, -0.2) is 0 Å². The van der Waals surface area contributed by atoms with Crippen molar-refractivity contribution in [3.63, 3.8) is 0 Å². The van der Waals surface area contributed by atoms with Crippen LogP contribution >= 0.6 is 59.7 Å². The lowest BCUT2D eigenvalue weighted by molar-refractivity contribution is -0.121. The molecule has 0 aliphatic heterocycles. The summed E-state index contributed by atoms with van der Waals surface area (Å²) in [4.78, 5) is 12.0. The second kappa shape index (κ2) is 10.2. The molecule has 0 spiro atoms. The number of carbonyl (C=O) groups excluding carboxylic acids is 1. The van der Waals surface area contributed by atoms with Crippen LogP contribution in [-0.2, 0) is 4.79 Å². The molecule has 0 bridgehead atoms. The number of amides is 1. The van der Waals surface area contributed by atoms with Crippen molar-refractivity contribution in [3.05, 3.63) is 11.6 Å². The Bertz CT molecular complexity index is 561. The third kappa shape index (κ3) is 4.45. The Kier molecular flexibility index (Phi) is 9.75. The van der Waals surface area contributed by atoms with Crippen LogP contribution in [0.15, 0.2) is 11.6 Å². The Morgan fingerprint density at radius 2 is 1.81 bits per heavy atom. The lowest BCUT2D eigenvalue weighted by Crippen LogP contribution is -2.47. The van der Waals surface area contributed by atoms with Gasteiger partial charge in [-0.2, -0.15) is 0 Å². The summed E-state index contributed by atoms with van der Waals surface area (Å²) in [6, 6.07) is 0. The molecule has 2 nitrogen and oxygen atoms in total. The van der Waals surface area contributed by atoms with Gasteiger partial charge >= 0.3 is 0 Å². The van der Waals surface area contributed by atoms with E-state index in [0.29, 0.717) is 5.92 Å². The van der Waals surface area contributed by atoms with Crippen LogP contribution in [0.25, 0.3) is 0 Å². The zero-order valence-electron chi connectivity index (χ0n) is 16.0. The molecular formula is C20H34Cl3NOS2. The van der Waals surface area contributed by atoms with Gasteiger partial charge in [0.2, 0.25) is 5.91 Å². The molecule has 0 saturated heterocycles. The quantitative estimate of drug-likeness (QED) is 0.288. The predicted octanol–water partition coefficient (Wildman–Crippen LogP) is 6.26. The molecule has 0 aromatic carbocycles. The van der Waals surface area contributed by atoms with Crippen LogP contribution in [0.4, 0.5) is 0 Å². The number of nitrogens with two attached hydrogens (primary N) is 1. The van der Waals surface area contributed by atoms with Crippen LogP contribution in [0.1, 0.15) is 64.7 Å². The molecule has 27 heavy (non-hydrogen) atoms. The summed E-state index contributed by atoms with van der Waals surface area (Å²) in [5.74, 6) is 4.88. The first-order valence-corrected chi connectivity index (χ1v) is 11.7. The van der Waals surface area contributed by atoms with Crippen molar-refractivity contribution in [3.8, 4) is 0 Å². The van der Waals surface area contributed by atoms with Gasteiger partial charge in [-0.3, -0.25) is 4.79 Å². The van der Waals surface area contributed by atoms with Crippen LogP contribution in [0.3, 0.4) is 0 Å². The van der Waals surface area contributed by atoms with Gasteiger partial charge in [-0.05, 0) is 87.4 Å². The molecule has 4 aliphatic carbocycles. The first kappa shape index (κ1) is 25.8. The van der Waals surface area contributed by atoms with Crippen molar-refractivity contribution in [1.82, 2.24) is 0 Å². The Labute approximate surface area is 192 Å². The monoisotopic (exact) mass is 473 g/mol. The zero-order valence-corrected chi connectivity index (χ0v) is 20.1. The molecule has 0 heterocycles. The number of carbonyl (C=O) groups is 1. The highest BCUT2D eigenvalue weighted by Crippen LogP contribution is 2.58. The van der Waals surface area contributed by atoms with Gasteiger partial charge in [0.05, 0.1) is 0 Å². The van der Waals surface area contributed by atoms with Crippen molar-refractivity contribution in [2.75, 3.05) is 0 Å². The van der Waals surface area contributed by atoms with Crippen LogP contribution in [0.2, 0.25) is 0 Å². The second-order valence-corrected chi connectivity index (χ2v) is 10.5. The lowest BCUT2D eigenvalue weighted by atomic mass is 9.55. The minimum absolute atomic E-state index is 0. The standard InChI is InChI=1S/C20H31NOS2.3ClH/c1-20(24-23,19(21)22)14-7-10-16-13(11-14)6-9-17-15-4-2-3-12(15)5-8-18(16)17;;;/h6,12,14-18,23H,2-5,7-11H2,1H3,(H2,21,22);3*1H. The fourth-order valence-electron chi connectivity index (χ4n) is 6.68. The van der Waals surface area contributed by atoms with Gasteiger partial charge in [0.1, 0.15) is 4.75 Å². The van der Waals surface area contributed by atoms with Crippen LogP contribution < -0.4 is 5.73 Å². The molecule has 3 saturated carbocycles. The van der Waals surface area contributed by atoms with E-state index in [4.69, 9.17) is 5.73 Å². The third-order valence-electron chi connectivity index (χ3n) is 8.10. The molecule has 3 fully saturated rings. The fourth-order valence-corrected chi connectivity index (χ4v) is 7.84. The smallest absolute Gasteiger partial charge is 0.234 e. The molecule has 4 rings (SSSR count). The molecule has 1 amide bonds. The third-order valence-corrected chi connectivity index (χ3v) is 10.2. The maximum atomic E-state index is 12.0. The molecular weight excluding hydrogens is 441 g/mol. The van der Waals surface area contributed by atoms with E-state index in [2.05, 4.69) is 17.7 Å². The van der Waals surface area contributed by atoms with Crippen molar-refractivity contribution in [2.24, 2.45) is 41.2 Å². The maximum Gasteiger partial charge on any atom is 0.234 e. The van der Waals surface area contributed by atoms with Crippen molar-refractivity contribution in [1.29, 1.82) is 0 Å². The Morgan fingerprint density at radius 3 is 2.48 bits per heavy atom. The van der Waals surface area contributed by atoms with E-state index in [0.717, 1.165) is 42.4 Å². The number of fused-ring (bicyclic) bond motifs is 5. The first-order chi connectivity index (χ1) is 11.5. The minimum atomic E-state index is -0.533. The second-order valence-electron chi connectivity index (χ2n) is 8.92. The van der Waals surface area contributed by atoms with E-state index >= 15 is 0 Å². The normalized spacial score (nSPS) is 39.0. The van der Waals surface area contributed by atoms with Crippen molar-refractivity contribution in [2.45, 2.75) is 69.5 Å². The number of hydrogen-bond donors (Lipinski definition) is 2. The molecule has 7 atom stereocenters. The highest BCUT2D eigenvalue weighted by Gasteiger charge is 2.49. The predicted molar refractivity (Wildman–Crippen MR) is 126 cm³/mol. The van der Waals surface area contributed by atoms with E-state index in [1.807, 2.05) is 6.92 Å². The van der Waals surface area contributed by atoms with Gasteiger partial charge in [-0.15, -0.1) is 48.9 Å². The van der Waals surface area contributed by atoms with Gasteiger partial charge in [0.15, 0.2) is 0 Å². The van der Waals surface area contributed by atoms with Crippen molar-refractivity contribution >= 4 is 65.6 Å². The summed E-state index contributed by atoms with van der Waals surface area (Å²) in [5, 5.41) is 0. The molecule has 158 valence electrons.